The highest BCUT2D eigenvalue weighted by atomic mass is 19.1. The lowest BCUT2D eigenvalue weighted by atomic mass is 10.1. The molecule has 2 heterocycles. The number of benzene rings is 1. The minimum atomic E-state index is -0.790. The minimum absolute atomic E-state index is 0.00753. The van der Waals surface area contributed by atoms with E-state index in [2.05, 4.69) is 20.7 Å². The van der Waals surface area contributed by atoms with Crippen molar-refractivity contribution >= 4 is 34.1 Å². The van der Waals surface area contributed by atoms with Gasteiger partial charge in [0.1, 0.15) is 5.82 Å². The number of carbonyl (C=O) groups excluding carboxylic acids is 1. The summed E-state index contributed by atoms with van der Waals surface area (Å²) in [5.74, 6) is -1.33. The molecule has 0 fully saturated rings. The summed E-state index contributed by atoms with van der Waals surface area (Å²) in [6.45, 7) is 4.91. The Balaban J connectivity index is 1.99. The van der Waals surface area contributed by atoms with Crippen molar-refractivity contribution in [2.24, 2.45) is 11.5 Å². The van der Waals surface area contributed by atoms with Gasteiger partial charge in [-0.1, -0.05) is 13.0 Å². The molecule has 0 bridgehead atoms. The quantitative estimate of drug-likeness (QED) is 0.389. The van der Waals surface area contributed by atoms with E-state index in [9.17, 15) is 9.18 Å². The Morgan fingerprint density at radius 2 is 2.13 bits per heavy atom. The van der Waals surface area contributed by atoms with Crippen LogP contribution >= 0.6 is 0 Å². The third kappa shape index (κ3) is 4.92. The van der Waals surface area contributed by atoms with E-state index in [1.807, 2.05) is 36.7 Å². The summed E-state index contributed by atoms with van der Waals surface area (Å²) >= 11 is 0. The smallest absolute Gasteiger partial charge is 0.252 e. The highest BCUT2D eigenvalue weighted by molar-refractivity contribution is 6.00. The second kappa shape index (κ2) is 9.71. The Bertz CT molecular complexity index is 1070. The van der Waals surface area contributed by atoms with Crippen LogP contribution in [-0.2, 0) is 11.3 Å². The molecule has 0 spiro atoms. The van der Waals surface area contributed by atoms with Crippen molar-refractivity contribution in [3.05, 3.63) is 41.8 Å². The van der Waals surface area contributed by atoms with Gasteiger partial charge in [0, 0.05) is 24.6 Å². The molecule has 0 aliphatic rings. The van der Waals surface area contributed by atoms with Crippen molar-refractivity contribution in [1.82, 2.24) is 14.8 Å². The zero-order valence-corrected chi connectivity index (χ0v) is 17.9. The number of carbonyl (C=O) groups is 1. The maximum Gasteiger partial charge on any atom is 0.252 e. The van der Waals surface area contributed by atoms with E-state index in [0.29, 0.717) is 18.8 Å². The molecule has 2 atom stereocenters. The van der Waals surface area contributed by atoms with Gasteiger partial charge in [-0.3, -0.25) is 9.48 Å². The summed E-state index contributed by atoms with van der Waals surface area (Å²) in [6, 6.07) is 6.28. The van der Waals surface area contributed by atoms with Gasteiger partial charge in [-0.2, -0.15) is 5.10 Å². The Morgan fingerprint density at radius 3 is 2.81 bits per heavy atom. The van der Waals surface area contributed by atoms with Crippen LogP contribution in [0.2, 0.25) is 0 Å². The van der Waals surface area contributed by atoms with E-state index in [1.54, 1.807) is 13.3 Å². The number of anilines is 3. The van der Waals surface area contributed by atoms with E-state index in [4.69, 9.17) is 16.2 Å². The number of primary amides is 1. The molecule has 0 aliphatic heterocycles. The molecular weight excluding hydrogens is 401 g/mol. The normalized spacial score (nSPS) is 13.2. The summed E-state index contributed by atoms with van der Waals surface area (Å²) in [7, 11) is 1.63. The lowest BCUT2D eigenvalue weighted by molar-refractivity contribution is 0.100. The predicted octanol–water partition coefficient (Wildman–Crippen LogP) is 2.60. The second-order valence-corrected chi connectivity index (χ2v) is 7.31. The lowest BCUT2D eigenvalue weighted by Gasteiger charge is -2.21. The predicted molar refractivity (Wildman–Crippen MR) is 119 cm³/mol. The number of hydrogen-bond donors (Lipinski definition) is 4. The summed E-state index contributed by atoms with van der Waals surface area (Å²) < 4.78 is 21.5. The molecular formula is C21H28FN7O2. The highest BCUT2D eigenvalue weighted by Gasteiger charge is 2.20. The fourth-order valence-electron chi connectivity index (χ4n) is 3.25. The molecule has 1 amide bonds. The molecule has 0 radical (unpaired) electrons. The molecule has 0 aliphatic carbocycles. The number of halogens is 1. The summed E-state index contributed by atoms with van der Waals surface area (Å²) in [6.07, 6.45) is 2.43. The Hall–Kier alpha value is -3.24. The number of nitrogens with one attached hydrogen (secondary N) is 2. The molecule has 9 nitrogen and oxygen atoms in total. The maximum atomic E-state index is 14.6. The maximum absolute atomic E-state index is 14.6. The summed E-state index contributed by atoms with van der Waals surface area (Å²) in [4.78, 5) is 16.3. The molecule has 31 heavy (non-hydrogen) atoms. The van der Waals surface area contributed by atoms with Gasteiger partial charge >= 0.3 is 0 Å². The average molecular weight is 430 g/mol. The Labute approximate surface area is 180 Å². The van der Waals surface area contributed by atoms with Gasteiger partial charge in [0.05, 0.1) is 36.1 Å². The first-order valence-electron chi connectivity index (χ1n) is 10.1. The first-order chi connectivity index (χ1) is 14.8. The molecule has 0 saturated carbocycles. The van der Waals surface area contributed by atoms with Gasteiger partial charge in [0.15, 0.2) is 11.6 Å². The molecule has 3 rings (SSSR count). The molecule has 166 valence electrons. The second-order valence-electron chi connectivity index (χ2n) is 7.31. The van der Waals surface area contributed by atoms with E-state index in [1.165, 1.54) is 0 Å². The Morgan fingerprint density at radius 1 is 1.35 bits per heavy atom. The van der Waals surface area contributed by atoms with E-state index < -0.39 is 11.7 Å². The van der Waals surface area contributed by atoms with Crippen LogP contribution in [0.1, 0.15) is 30.6 Å². The third-order valence-corrected chi connectivity index (χ3v) is 5.17. The average Bonchev–Trinajstić information content (AvgIpc) is 3.17. The number of nitrogens with zero attached hydrogens (tertiary/aromatic N) is 3. The fourth-order valence-corrected chi connectivity index (χ4v) is 3.25. The van der Waals surface area contributed by atoms with Gasteiger partial charge in [-0.15, -0.1) is 0 Å². The monoisotopic (exact) mass is 429 g/mol. The van der Waals surface area contributed by atoms with Crippen LogP contribution < -0.4 is 22.1 Å². The molecule has 2 aromatic heterocycles. The number of amides is 1. The van der Waals surface area contributed by atoms with Crippen molar-refractivity contribution in [2.45, 2.75) is 38.9 Å². The summed E-state index contributed by atoms with van der Waals surface area (Å²) in [5, 5.41) is 11.3. The van der Waals surface area contributed by atoms with Crippen molar-refractivity contribution < 1.29 is 13.9 Å². The number of hydrogen-bond acceptors (Lipinski definition) is 7. The molecule has 1 aromatic carbocycles. The van der Waals surface area contributed by atoms with Gasteiger partial charge in [-0.25, -0.2) is 9.37 Å². The van der Waals surface area contributed by atoms with E-state index in [0.717, 1.165) is 23.4 Å². The van der Waals surface area contributed by atoms with E-state index >= 15 is 0 Å². The van der Waals surface area contributed by atoms with Crippen LogP contribution in [0.3, 0.4) is 0 Å². The first-order valence-corrected chi connectivity index (χ1v) is 10.1. The van der Waals surface area contributed by atoms with Gasteiger partial charge < -0.3 is 26.8 Å². The van der Waals surface area contributed by atoms with Crippen molar-refractivity contribution in [2.75, 3.05) is 24.4 Å². The first kappa shape index (κ1) is 22.4. The van der Waals surface area contributed by atoms with E-state index in [-0.39, 0.29) is 29.3 Å². The van der Waals surface area contributed by atoms with Gasteiger partial charge in [0.25, 0.3) is 5.91 Å². The molecule has 0 saturated heterocycles. The molecule has 3 aromatic rings. The number of nitrogens with two attached hydrogens (primary N) is 2. The van der Waals surface area contributed by atoms with Crippen LogP contribution in [0.5, 0.6) is 0 Å². The standard InChI is InChI=1S/C21H28FN7O2/c1-4-16(23)12(2)26-21-15(22)10-13(19(24)30)20(28-21)27-17-6-5-7-18-14(17)11-25-29(18)8-9-31-3/h5-7,10-12,16H,4,8-9,23H2,1-3H3,(H2,24,30)(H2,26,27,28)/t12-,16+/m1/s1. The van der Waals surface area contributed by atoms with Crippen LogP contribution in [-0.4, -0.2) is 46.5 Å². The van der Waals surface area contributed by atoms with Crippen LogP contribution in [0, 0.1) is 5.82 Å². The largest absolute Gasteiger partial charge is 0.383 e. The van der Waals surface area contributed by atoms with Crippen LogP contribution in [0.4, 0.5) is 21.7 Å². The molecule has 6 N–H and O–H groups in total. The Kier molecular flexibility index (Phi) is 7.03. The molecule has 10 heteroatoms. The van der Waals surface area contributed by atoms with Crippen molar-refractivity contribution in [3.63, 3.8) is 0 Å². The van der Waals surface area contributed by atoms with Crippen LogP contribution in [0.25, 0.3) is 10.9 Å². The molecule has 0 unspecified atom stereocenters. The number of ether oxygens (including phenoxy) is 1. The van der Waals surface area contributed by atoms with Gasteiger partial charge in [-0.05, 0) is 31.5 Å². The number of fused-ring (bicyclic) bond motifs is 1. The topological polar surface area (TPSA) is 133 Å². The third-order valence-electron chi connectivity index (χ3n) is 5.17. The number of methoxy groups -OCH3 is 1. The van der Waals surface area contributed by atoms with Crippen molar-refractivity contribution in [3.8, 4) is 0 Å². The lowest BCUT2D eigenvalue weighted by Crippen LogP contribution is -2.38. The van der Waals surface area contributed by atoms with Crippen molar-refractivity contribution in [1.29, 1.82) is 0 Å². The number of rotatable bonds is 10. The SMILES string of the molecule is CC[C@H](N)[C@@H](C)Nc1nc(Nc2cccc3c2cnn3CCOC)c(C(N)=O)cc1F. The number of aromatic nitrogens is 3. The highest BCUT2D eigenvalue weighted by Crippen LogP contribution is 2.29. The number of pyridine rings is 1. The zero-order valence-electron chi connectivity index (χ0n) is 17.9. The van der Waals surface area contributed by atoms with Gasteiger partial charge in [0.2, 0.25) is 0 Å². The van der Waals surface area contributed by atoms with Crippen LogP contribution in [0.15, 0.2) is 30.5 Å². The summed E-state index contributed by atoms with van der Waals surface area (Å²) in [5.41, 5.74) is 13.0. The zero-order chi connectivity index (χ0) is 22.5. The fraction of sp³-hybridized carbons (Fsp3) is 0.381. The minimum Gasteiger partial charge on any atom is -0.383 e.